The smallest absolute Gasteiger partial charge is 0.0629 e. The molecule has 0 N–H and O–H groups in total. The van der Waals surface area contributed by atoms with Gasteiger partial charge < -0.3 is 9.47 Å². The minimum atomic E-state index is -0.399. The third-order valence-corrected chi connectivity index (χ3v) is 9.07. The fourth-order valence-corrected chi connectivity index (χ4v) is 6.91. The standard InChI is InChI=1S/C46H32N2/c1-4-14-33(15-5-1)34-26-29-38(30-27-34)47(36-16-6-2-7-17-36)44-25-13-22-40-39(21-12-23-41(40)44)35-28-31-43-42-20-10-11-24-45(42)48(46(43)32-35)37-18-8-3-9-19-37/h1-32H/i1D,4D,5D,14D,15D. The predicted molar refractivity (Wildman–Crippen MR) is 204 cm³/mol. The number of nitrogens with zero attached hydrogens (tertiary/aromatic N) is 2. The van der Waals surface area contributed by atoms with Crippen LogP contribution in [0.15, 0.2) is 194 Å². The summed E-state index contributed by atoms with van der Waals surface area (Å²) in [5.74, 6) is 0. The highest BCUT2D eigenvalue weighted by Crippen LogP contribution is 2.42. The van der Waals surface area contributed by atoms with E-state index in [1.807, 2.05) is 48.5 Å². The maximum absolute atomic E-state index is 8.51. The van der Waals surface area contributed by atoms with Crippen LogP contribution < -0.4 is 4.90 Å². The first-order valence-electron chi connectivity index (χ1n) is 18.5. The largest absolute Gasteiger partial charge is 0.310 e. The molecular formula is C46H32N2. The molecule has 0 amide bonds. The Kier molecular flexibility index (Phi) is 5.64. The van der Waals surface area contributed by atoms with E-state index >= 15 is 0 Å². The molecule has 9 rings (SSSR count). The lowest BCUT2D eigenvalue weighted by Crippen LogP contribution is -2.10. The summed E-state index contributed by atoms with van der Waals surface area (Å²) in [6.45, 7) is 0. The quantitative estimate of drug-likeness (QED) is 0.180. The van der Waals surface area contributed by atoms with Gasteiger partial charge in [0.15, 0.2) is 0 Å². The first kappa shape index (κ1) is 23.0. The number of hydrogen-bond acceptors (Lipinski definition) is 1. The molecule has 8 aromatic carbocycles. The van der Waals surface area contributed by atoms with Crippen molar-refractivity contribution in [2.75, 3.05) is 4.90 Å². The number of rotatable bonds is 6. The van der Waals surface area contributed by atoms with Gasteiger partial charge in [-0.25, -0.2) is 0 Å². The molecule has 0 saturated carbocycles. The highest BCUT2D eigenvalue weighted by molar-refractivity contribution is 6.12. The van der Waals surface area contributed by atoms with Crippen LogP contribution in [0.25, 0.3) is 60.5 Å². The van der Waals surface area contributed by atoms with Gasteiger partial charge in [0.2, 0.25) is 0 Å². The first-order valence-corrected chi connectivity index (χ1v) is 16.0. The number of anilines is 3. The fraction of sp³-hybridized carbons (Fsp3) is 0. The second-order valence-corrected chi connectivity index (χ2v) is 11.8. The Hall–Kier alpha value is -6.38. The van der Waals surface area contributed by atoms with E-state index in [-0.39, 0.29) is 29.7 Å². The molecule has 0 spiro atoms. The molecule has 48 heavy (non-hydrogen) atoms. The topological polar surface area (TPSA) is 8.17 Å². The van der Waals surface area contributed by atoms with Gasteiger partial charge in [0.1, 0.15) is 0 Å². The van der Waals surface area contributed by atoms with Crippen molar-refractivity contribution in [3.05, 3.63) is 194 Å². The van der Waals surface area contributed by atoms with Crippen molar-refractivity contribution in [3.63, 3.8) is 0 Å². The van der Waals surface area contributed by atoms with E-state index in [4.69, 9.17) is 6.85 Å². The second kappa shape index (κ2) is 11.8. The Morgan fingerprint density at radius 1 is 0.417 bits per heavy atom. The Bertz CT molecular complexity index is 2800. The summed E-state index contributed by atoms with van der Waals surface area (Å²) in [6, 6.07) is 54.9. The van der Waals surface area contributed by atoms with E-state index in [0.717, 1.165) is 50.2 Å². The van der Waals surface area contributed by atoms with Gasteiger partial charge in [0.05, 0.1) is 23.6 Å². The van der Waals surface area contributed by atoms with Crippen LogP contribution in [0.2, 0.25) is 0 Å². The second-order valence-electron chi connectivity index (χ2n) is 11.8. The van der Waals surface area contributed by atoms with E-state index in [1.54, 1.807) is 0 Å². The number of aromatic nitrogens is 1. The molecule has 0 saturated heterocycles. The van der Waals surface area contributed by atoms with Gasteiger partial charge in [-0.3, -0.25) is 0 Å². The summed E-state index contributed by atoms with van der Waals surface area (Å²) >= 11 is 0. The van der Waals surface area contributed by atoms with E-state index in [0.29, 0.717) is 5.56 Å². The Balaban J connectivity index is 1.20. The number of hydrogen-bond donors (Lipinski definition) is 0. The van der Waals surface area contributed by atoms with E-state index in [2.05, 4.69) is 125 Å². The van der Waals surface area contributed by atoms with Crippen molar-refractivity contribution < 1.29 is 6.85 Å². The maximum Gasteiger partial charge on any atom is 0.0629 e. The van der Waals surface area contributed by atoms with Crippen molar-refractivity contribution in [2.45, 2.75) is 0 Å². The zero-order valence-corrected chi connectivity index (χ0v) is 26.0. The molecule has 2 heteroatoms. The SMILES string of the molecule is [2H]c1c([2H])c([2H])c(-c2ccc(N(c3ccccc3)c3cccc4c(-c5ccc6c7ccccc7n(-c7ccccc7)c6c5)cccc34)cc2)c([2H])c1[2H]. The normalized spacial score (nSPS) is 12.8. The lowest BCUT2D eigenvalue weighted by molar-refractivity contribution is 1.18. The molecule has 1 aromatic heterocycles. The van der Waals surface area contributed by atoms with Gasteiger partial charge in [0.25, 0.3) is 0 Å². The molecule has 0 radical (unpaired) electrons. The third-order valence-electron chi connectivity index (χ3n) is 9.07. The molecule has 0 atom stereocenters. The molecule has 0 bridgehead atoms. The van der Waals surface area contributed by atoms with Gasteiger partial charge in [-0.15, -0.1) is 0 Å². The van der Waals surface area contributed by atoms with Crippen molar-refractivity contribution in [3.8, 4) is 27.9 Å². The fourth-order valence-electron chi connectivity index (χ4n) is 6.91. The summed E-state index contributed by atoms with van der Waals surface area (Å²) in [5.41, 5.74) is 9.26. The molecule has 0 fully saturated rings. The van der Waals surface area contributed by atoms with Gasteiger partial charge in [-0.05, 0) is 82.2 Å². The lowest BCUT2D eigenvalue weighted by atomic mass is 9.96. The first-order chi connectivity index (χ1) is 25.9. The molecule has 0 unspecified atom stereocenters. The van der Waals surface area contributed by atoms with Crippen LogP contribution in [-0.4, -0.2) is 4.57 Å². The maximum atomic E-state index is 8.51. The Morgan fingerprint density at radius 3 is 1.85 bits per heavy atom. The molecule has 226 valence electrons. The molecular weight excluding hydrogens is 581 g/mol. The number of para-hydroxylation sites is 3. The van der Waals surface area contributed by atoms with Crippen LogP contribution in [0, 0.1) is 0 Å². The van der Waals surface area contributed by atoms with Crippen molar-refractivity contribution in [1.29, 1.82) is 0 Å². The molecule has 1 heterocycles. The zero-order chi connectivity index (χ0) is 36.2. The van der Waals surface area contributed by atoms with Gasteiger partial charge >= 0.3 is 0 Å². The summed E-state index contributed by atoms with van der Waals surface area (Å²) in [6.07, 6.45) is 0. The predicted octanol–water partition coefficient (Wildman–Crippen LogP) is 12.7. The van der Waals surface area contributed by atoms with E-state index < -0.39 is 6.04 Å². The number of fused-ring (bicyclic) bond motifs is 4. The van der Waals surface area contributed by atoms with Crippen LogP contribution in [0.4, 0.5) is 17.1 Å². The van der Waals surface area contributed by atoms with Gasteiger partial charge in [-0.2, -0.15) is 0 Å². The van der Waals surface area contributed by atoms with E-state index in [9.17, 15) is 0 Å². The van der Waals surface area contributed by atoms with Gasteiger partial charge in [0, 0.05) is 33.2 Å². The van der Waals surface area contributed by atoms with E-state index in [1.165, 1.54) is 16.3 Å². The molecule has 0 aliphatic carbocycles. The highest BCUT2D eigenvalue weighted by atomic mass is 15.1. The van der Waals surface area contributed by atoms with Crippen LogP contribution in [0.1, 0.15) is 6.85 Å². The lowest BCUT2D eigenvalue weighted by Gasteiger charge is -2.27. The Morgan fingerprint density at radius 2 is 1.04 bits per heavy atom. The average molecular weight is 618 g/mol. The van der Waals surface area contributed by atoms with Crippen molar-refractivity contribution in [1.82, 2.24) is 4.57 Å². The van der Waals surface area contributed by atoms with Crippen molar-refractivity contribution in [2.24, 2.45) is 0 Å². The average Bonchev–Trinajstić information content (AvgIpc) is 3.54. The monoisotopic (exact) mass is 617 g/mol. The zero-order valence-electron chi connectivity index (χ0n) is 31.0. The molecule has 2 nitrogen and oxygen atoms in total. The summed E-state index contributed by atoms with van der Waals surface area (Å²) in [4.78, 5) is 2.20. The summed E-state index contributed by atoms with van der Waals surface area (Å²) < 4.78 is 43.7. The van der Waals surface area contributed by atoms with Crippen molar-refractivity contribution >= 4 is 49.6 Å². The summed E-state index contributed by atoms with van der Waals surface area (Å²) in [7, 11) is 0. The summed E-state index contributed by atoms with van der Waals surface area (Å²) in [5, 5.41) is 4.61. The van der Waals surface area contributed by atoms with Gasteiger partial charge in [-0.1, -0.05) is 139 Å². The Labute approximate surface area is 287 Å². The third kappa shape index (κ3) is 4.74. The molecule has 9 aromatic rings. The molecule has 0 aliphatic heterocycles. The van der Waals surface area contributed by atoms with Crippen LogP contribution in [-0.2, 0) is 0 Å². The minimum absolute atomic E-state index is 0.187. The number of benzene rings is 8. The minimum Gasteiger partial charge on any atom is -0.310 e. The molecule has 0 aliphatic rings. The van der Waals surface area contributed by atoms with Crippen LogP contribution in [0.3, 0.4) is 0 Å². The van der Waals surface area contributed by atoms with Crippen LogP contribution in [0.5, 0.6) is 0 Å². The van der Waals surface area contributed by atoms with Crippen LogP contribution >= 0.6 is 0 Å². The highest BCUT2D eigenvalue weighted by Gasteiger charge is 2.18.